The summed E-state index contributed by atoms with van der Waals surface area (Å²) >= 11 is 0. The highest BCUT2D eigenvalue weighted by molar-refractivity contribution is 7.89. The van der Waals surface area contributed by atoms with Crippen molar-refractivity contribution in [3.05, 3.63) is 64.7 Å². The minimum absolute atomic E-state index is 0.0855. The molecule has 3 rings (SSSR count). The Morgan fingerprint density at radius 3 is 2.07 bits per heavy atom. The summed E-state index contributed by atoms with van der Waals surface area (Å²) in [4.78, 5) is 15.0. The summed E-state index contributed by atoms with van der Waals surface area (Å²) in [5, 5.41) is 0. The van der Waals surface area contributed by atoms with Crippen molar-refractivity contribution in [1.82, 2.24) is 9.21 Å². The van der Waals surface area contributed by atoms with Crippen molar-refractivity contribution >= 4 is 15.8 Å². The van der Waals surface area contributed by atoms with E-state index in [0.717, 1.165) is 22.3 Å². The fraction of sp³-hybridized carbons (Fsp3) is 0.381. The smallest absolute Gasteiger partial charge is 0.243 e. The van der Waals surface area contributed by atoms with Gasteiger partial charge in [0.05, 0.1) is 11.4 Å². The van der Waals surface area contributed by atoms with Gasteiger partial charge in [0.1, 0.15) is 0 Å². The summed E-state index contributed by atoms with van der Waals surface area (Å²) < 4.78 is 27.0. The van der Waals surface area contributed by atoms with Crippen LogP contribution in [0.1, 0.15) is 27.0 Å². The molecule has 1 saturated heterocycles. The van der Waals surface area contributed by atoms with E-state index in [1.165, 1.54) is 4.31 Å². The Kier molecular flexibility index (Phi) is 5.79. The van der Waals surface area contributed by atoms with E-state index in [9.17, 15) is 13.2 Å². The minimum atomic E-state index is -3.47. The molecule has 0 radical (unpaired) electrons. The molecule has 6 heteroatoms. The number of benzene rings is 2. The van der Waals surface area contributed by atoms with Gasteiger partial charge in [-0.05, 0) is 38.5 Å². The Bertz CT molecular complexity index is 928. The lowest BCUT2D eigenvalue weighted by Crippen LogP contribution is -2.49. The van der Waals surface area contributed by atoms with Gasteiger partial charge >= 0.3 is 0 Å². The molecule has 144 valence electrons. The van der Waals surface area contributed by atoms with Crippen LogP contribution >= 0.6 is 0 Å². The molecule has 2 aromatic rings. The van der Waals surface area contributed by atoms with E-state index in [1.54, 1.807) is 12.1 Å². The Labute approximate surface area is 161 Å². The number of ketones is 1. The number of carbonyl (C=O) groups is 1. The normalized spacial score (nSPS) is 16.4. The van der Waals surface area contributed by atoms with Crippen LogP contribution in [0.15, 0.2) is 47.4 Å². The number of hydrogen-bond donors (Lipinski definition) is 0. The third kappa shape index (κ3) is 4.46. The summed E-state index contributed by atoms with van der Waals surface area (Å²) in [5.41, 5.74) is 3.90. The van der Waals surface area contributed by atoms with Crippen molar-refractivity contribution in [2.75, 3.05) is 32.7 Å². The Balaban J connectivity index is 1.61. The fourth-order valence-electron chi connectivity index (χ4n) is 3.40. The van der Waals surface area contributed by atoms with Crippen LogP contribution in [-0.2, 0) is 10.0 Å². The van der Waals surface area contributed by atoms with Gasteiger partial charge in [0, 0.05) is 31.7 Å². The maximum absolute atomic E-state index is 12.8. The molecule has 27 heavy (non-hydrogen) atoms. The lowest BCUT2D eigenvalue weighted by atomic mass is 10.0. The average Bonchev–Trinajstić information content (AvgIpc) is 2.62. The Morgan fingerprint density at radius 1 is 0.889 bits per heavy atom. The standard InChI is InChI=1S/C21H26N2O3S/c1-16-4-7-19(8-5-16)27(25,26)23-12-10-22(11-13-23)15-21(24)20-9-6-17(2)14-18(20)3/h4-9,14H,10-13,15H2,1-3H3. The largest absolute Gasteiger partial charge is 0.293 e. The van der Waals surface area contributed by atoms with Crippen molar-refractivity contribution in [2.24, 2.45) is 0 Å². The molecule has 1 aliphatic heterocycles. The zero-order valence-electron chi connectivity index (χ0n) is 16.1. The first-order valence-corrected chi connectivity index (χ1v) is 10.6. The first-order valence-electron chi connectivity index (χ1n) is 9.17. The molecule has 0 unspecified atom stereocenters. The fourth-order valence-corrected chi connectivity index (χ4v) is 4.82. The van der Waals surface area contributed by atoms with Crippen LogP contribution in [0.25, 0.3) is 0 Å². The Hall–Kier alpha value is -2.02. The number of piperazine rings is 1. The van der Waals surface area contributed by atoms with Crippen molar-refractivity contribution < 1.29 is 13.2 Å². The van der Waals surface area contributed by atoms with Gasteiger partial charge in [-0.3, -0.25) is 9.69 Å². The topological polar surface area (TPSA) is 57.7 Å². The molecular formula is C21H26N2O3S. The second kappa shape index (κ2) is 7.92. The SMILES string of the molecule is Cc1ccc(S(=O)(=O)N2CCN(CC(=O)c3ccc(C)cc3C)CC2)cc1. The number of Topliss-reactive ketones (excluding diaryl/α,β-unsaturated/α-hetero) is 1. The molecule has 2 aromatic carbocycles. The molecule has 0 spiro atoms. The number of rotatable bonds is 5. The highest BCUT2D eigenvalue weighted by Crippen LogP contribution is 2.19. The minimum Gasteiger partial charge on any atom is -0.293 e. The summed E-state index contributed by atoms with van der Waals surface area (Å²) in [7, 11) is -3.47. The quantitative estimate of drug-likeness (QED) is 0.742. The highest BCUT2D eigenvalue weighted by atomic mass is 32.2. The lowest BCUT2D eigenvalue weighted by molar-refractivity contribution is 0.0901. The predicted molar refractivity (Wildman–Crippen MR) is 107 cm³/mol. The van der Waals surface area contributed by atoms with Gasteiger partial charge in [-0.15, -0.1) is 0 Å². The lowest BCUT2D eigenvalue weighted by Gasteiger charge is -2.33. The molecular weight excluding hydrogens is 360 g/mol. The van der Waals surface area contributed by atoms with E-state index < -0.39 is 10.0 Å². The Morgan fingerprint density at radius 2 is 1.48 bits per heavy atom. The summed E-state index contributed by atoms with van der Waals surface area (Å²) in [5.74, 6) is 0.0855. The van der Waals surface area contributed by atoms with Gasteiger partial charge in [-0.25, -0.2) is 8.42 Å². The van der Waals surface area contributed by atoms with Crippen molar-refractivity contribution in [3.8, 4) is 0 Å². The number of aryl methyl sites for hydroxylation is 3. The van der Waals surface area contributed by atoms with E-state index in [4.69, 9.17) is 0 Å². The van der Waals surface area contributed by atoms with Crippen molar-refractivity contribution in [3.63, 3.8) is 0 Å². The highest BCUT2D eigenvalue weighted by Gasteiger charge is 2.29. The van der Waals surface area contributed by atoms with Crippen molar-refractivity contribution in [1.29, 1.82) is 0 Å². The molecule has 0 aliphatic carbocycles. The third-order valence-corrected chi connectivity index (χ3v) is 6.95. The zero-order valence-corrected chi connectivity index (χ0v) is 16.9. The summed E-state index contributed by atoms with van der Waals surface area (Å²) in [6, 6.07) is 12.8. The first-order chi connectivity index (χ1) is 12.8. The summed E-state index contributed by atoms with van der Waals surface area (Å²) in [6.07, 6.45) is 0. The van der Waals surface area contributed by atoms with Crippen LogP contribution in [0, 0.1) is 20.8 Å². The molecule has 0 bridgehead atoms. The van der Waals surface area contributed by atoms with E-state index in [2.05, 4.69) is 0 Å². The van der Waals surface area contributed by atoms with Gasteiger partial charge in [-0.2, -0.15) is 4.31 Å². The maximum Gasteiger partial charge on any atom is 0.243 e. The number of hydrogen-bond acceptors (Lipinski definition) is 4. The van der Waals surface area contributed by atoms with Crippen LogP contribution in [0.4, 0.5) is 0 Å². The van der Waals surface area contributed by atoms with Gasteiger partial charge < -0.3 is 0 Å². The molecule has 0 saturated carbocycles. The van der Waals surface area contributed by atoms with Crippen molar-refractivity contribution in [2.45, 2.75) is 25.7 Å². The zero-order chi connectivity index (χ0) is 19.6. The number of nitrogens with zero attached hydrogens (tertiary/aromatic N) is 2. The van der Waals surface area contributed by atoms with E-state index >= 15 is 0 Å². The van der Waals surface area contributed by atoms with Crippen LogP contribution in [-0.4, -0.2) is 56.1 Å². The van der Waals surface area contributed by atoms with Crippen LogP contribution < -0.4 is 0 Å². The van der Waals surface area contributed by atoms with Crippen LogP contribution in [0.3, 0.4) is 0 Å². The average molecular weight is 387 g/mol. The number of carbonyl (C=O) groups excluding carboxylic acids is 1. The van der Waals surface area contributed by atoms with Gasteiger partial charge in [0.15, 0.2) is 5.78 Å². The number of sulfonamides is 1. The molecule has 0 amide bonds. The third-order valence-electron chi connectivity index (χ3n) is 5.04. The second-order valence-corrected chi connectivity index (χ2v) is 9.17. The molecule has 5 nitrogen and oxygen atoms in total. The molecule has 1 aliphatic rings. The monoisotopic (exact) mass is 386 g/mol. The molecule has 1 fully saturated rings. The molecule has 0 aromatic heterocycles. The van der Waals surface area contributed by atoms with E-state index in [1.807, 2.05) is 56.0 Å². The maximum atomic E-state index is 12.8. The van der Waals surface area contributed by atoms with Crippen LogP contribution in [0.2, 0.25) is 0 Å². The predicted octanol–water partition coefficient (Wildman–Crippen LogP) is 2.80. The van der Waals surface area contributed by atoms with Gasteiger partial charge in [0.25, 0.3) is 0 Å². The van der Waals surface area contributed by atoms with Crippen LogP contribution in [0.5, 0.6) is 0 Å². The van der Waals surface area contributed by atoms with Gasteiger partial charge in [0.2, 0.25) is 10.0 Å². The van der Waals surface area contributed by atoms with Gasteiger partial charge in [-0.1, -0.05) is 41.5 Å². The second-order valence-electron chi connectivity index (χ2n) is 7.23. The van der Waals surface area contributed by atoms with E-state index in [-0.39, 0.29) is 5.78 Å². The first kappa shape index (κ1) is 19.7. The summed E-state index contributed by atoms with van der Waals surface area (Å²) in [6.45, 7) is 8.13. The molecule has 0 N–H and O–H groups in total. The molecule has 1 heterocycles. The molecule has 0 atom stereocenters. The van der Waals surface area contributed by atoms with E-state index in [0.29, 0.717) is 37.6 Å².